The minimum Gasteiger partial charge on any atom is -0.372 e. The summed E-state index contributed by atoms with van der Waals surface area (Å²) in [4.78, 5) is 8.81. The number of hydrogen-bond donors (Lipinski definition) is 1. The lowest BCUT2D eigenvalue weighted by molar-refractivity contribution is 1.29. The first-order chi connectivity index (χ1) is 9.69. The molecule has 3 rings (SSSR count). The fraction of sp³-hybridized carbons (Fsp3) is 0.0667. The van der Waals surface area contributed by atoms with Crippen LogP contribution in [0.2, 0.25) is 10.0 Å². The van der Waals surface area contributed by atoms with Crippen molar-refractivity contribution in [2.75, 3.05) is 12.4 Å². The molecule has 3 nitrogen and oxygen atoms in total. The number of fused-ring (bicyclic) bond motifs is 1. The maximum atomic E-state index is 6.25. The highest BCUT2D eigenvalue weighted by Gasteiger charge is 2.11. The molecule has 0 saturated heterocycles. The normalized spacial score (nSPS) is 10.8. The van der Waals surface area contributed by atoms with Crippen molar-refractivity contribution in [2.24, 2.45) is 0 Å². The van der Waals surface area contributed by atoms with E-state index in [-0.39, 0.29) is 0 Å². The zero-order chi connectivity index (χ0) is 14.1. The van der Waals surface area contributed by atoms with Crippen molar-refractivity contribution in [2.45, 2.75) is 0 Å². The first-order valence-electron chi connectivity index (χ1n) is 6.08. The minimum absolute atomic E-state index is 0.500. The molecule has 5 heteroatoms. The Bertz CT molecular complexity index is 787. The van der Waals surface area contributed by atoms with Gasteiger partial charge in [-0.25, -0.2) is 4.98 Å². The number of anilines is 1. The lowest BCUT2D eigenvalue weighted by Gasteiger charge is -2.09. The Labute approximate surface area is 126 Å². The Balaban J connectivity index is 2.19. The number of hydrogen-bond acceptors (Lipinski definition) is 3. The van der Waals surface area contributed by atoms with Crippen molar-refractivity contribution in [3.05, 3.63) is 52.6 Å². The van der Waals surface area contributed by atoms with Crippen LogP contribution in [0.4, 0.5) is 5.82 Å². The van der Waals surface area contributed by atoms with Crippen molar-refractivity contribution >= 4 is 39.9 Å². The van der Waals surface area contributed by atoms with E-state index in [0.29, 0.717) is 21.6 Å². The van der Waals surface area contributed by atoms with Crippen LogP contribution in [0.3, 0.4) is 0 Å². The van der Waals surface area contributed by atoms with Gasteiger partial charge in [0.25, 0.3) is 0 Å². The predicted octanol–water partition coefficient (Wildman–Crippen LogP) is 4.65. The second kappa shape index (κ2) is 5.27. The van der Waals surface area contributed by atoms with Crippen LogP contribution in [0.15, 0.2) is 42.6 Å². The molecule has 2 aromatic heterocycles. The van der Waals surface area contributed by atoms with E-state index in [1.54, 1.807) is 19.3 Å². The summed E-state index contributed by atoms with van der Waals surface area (Å²) in [7, 11) is 1.77. The number of rotatable bonds is 2. The van der Waals surface area contributed by atoms with Crippen LogP contribution in [0.25, 0.3) is 22.2 Å². The maximum absolute atomic E-state index is 6.25. The van der Waals surface area contributed by atoms with Crippen molar-refractivity contribution in [1.82, 2.24) is 9.97 Å². The average molecular weight is 304 g/mol. The third-order valence-corrected chi connectivity index (χ3v) is 3.62. The third kappa shape index (κ3) is 2.30. The summed E-state index contributed by atoms with van der Waals surface area (Å²) >= 11 is 12.3. The predicted molar refractivity (Wildman–Crippen MR) is 84.5 cm³/mol. The van der Waals surface area contributed by atoms with E-state index < -0.39 is 0 Å². The molecule has 1 N–H and O–H groups in total. The topological polar surface area (TPSA) is 37.8 Å². The summed E-state index contributed by atoms with van der Waals surface area (Å²) in [5.74, 6) is 0.604. The molecule has 0 radical (unpaired) electrons. The second-order valence-electron chi connectivity index (χ2n) is 4.31. The van der Waals surface area contributed by atoms with Gasteiger partial charge in [0.1, 0.15) is 5.82 Å². The second-order valence-corrected chi connectivity index (χ2v) is 5.12. The summed E-state index contributed by atoms with van der Waals surface area (Å²) in [6, 6.07) is 11.6. The Morgan fingerprint density at radius 1 is 1.05 bits per heavy atom. The summed E-state index contributed by atoms with van der Waals surface area (Å²) in [6.07, 6.45) is 1.77. The molecule has 0 aliphatic heterocycles. The number of nitrogens with one attached hydrogen (secondary N) is 1. The number of aromatic nitrogens is 2. The SMILES string of the molecule is CNc1nc(-c2ccc3cccnc3c2)c(Cl)cc1Cl. The van der Waals surface area contributed by atoms with Gasteiger partial charge in [0, 0.05) is 24.2 Å². The van der Waals surface area contributed by atoms with Crippen LogP contribution in [0.1, 0.15) is 0 Å². The first-order valence-corrected chi connectivity index (χ1v) is 6.83. The van der Waals surface area contributed by atoms with Crippen LogP contribution in [-0.4, -0.2) is 17.0 Å². The molecule has 0 fully saturated rings. The van der Waals surface area contributed by atoms with Gasteiger partial charge in [-0.15, -0.1) is 0 Å². The van der Waals surface area contributed by atoms with Crippen molar-refractivity contribution in [3.8, 4) is 11.3 Å². The summed E-state index contributed by atoms with van der Waals surface area (Å²) in [6.45, 7) is 0. The fourth-order valence-corrected chi connectivity index (χ4v) is 2.62. The Morgan fingerprint density at radius 3 is 2.70 bits per heavy atom. The van der Waals surface area contributed by atoms with Gasteiger partial charge < -0.3 is 5.32 Å². The van der Waals surface area contributed by atoms with Gasteiger partial charge in [0.05, 0.1) is 21.3 Å². The highest BCUT2D eigenvalue weighted by atomic mass is 35.5. The molecule has 0 amide bonds. The summed E-state index contributed by atoms with van der Waals surface area (Å²) in [5.41, 5.74) is 2.51. The molecule has 0 spiro atoms. The lowest BCUT2D eigenvalue weighted by atomic mass is 10.1. The molecule has 0 aliphatic carbocycles. The van der Waals surface area contributed by atoms with E-state index in [4.69, 9.17) is 23.2 Å². The maximum Gasteiger partial charge on any atom is 0.145 e. The molecule has 0 atom stereocenters. The van der Waals surface area contributed by atoms with Crippen molar-refractivity contribution in [1.29, 1.82) is 0 Å². The van der Waals surface area contributed by atoms with Gasteiger partial charge >= 0.3 is 0 Å². The number of nitrogens with zero attached hydrogens (tertiary/aromatic N) is 2. The molecule has 20 heavy (non-hydrogen) atoms. The van der Waals surface area contributed by atoms with Gasteiger partial charge in [0.15, 0.2) is 0 Å². The largest absolute Gasteiger partial charge is 0.372 e. The molecule has 1 aromatic carbocycles. The zero-order valence-electron chi connectivity index (χ0n) is 10.7. The van der Waals surface area contributed by atoms with Gasteiger partial charge in [-0.05, 0) is 18.2 Å². The number of pyridine rings is 2. The highest BCUT2D eigenvalue weighted by molar-refractivity contribution is 6.37. The minimum atomic E-state index is 0.500. The van der Waals surface area contributed by atoms with Gasteiger partial charge in [-0.1, -0.05) is 41.4 Å². The van der Waals surface area contributed by atoms with E-state index in [9.17, 15) is 0 Å². The third-order valence-electron chi connectivity index (χ3n) is 3.05. The molecule has 0 aliphatic rings. The van der Waals surface area contributed by atoms with E-state index in [1.807, 2.05) is 30.3 Å². The lowest BCUT2D eigenvalue weighted by Crippen LogP contribution is -1.96. The van der Waals surface area contributed by atoms with Gasteiger partial charge in [-0.2, -0.15) is 0 Å². The van der Waals surface area contributed by atoms with Crippen LogP contribution in [0, 0.1) is 0 Å². The number of benzene rings is 1. The molecule has 0 bridgehead atoms. The molecule has 100 valence electrons. The van der Waals surface area contributed by atoms with Gasteiger partial charge in [0.2, 0.25) is 0 Å². The van der Waals surface area contributed by atoms with Crippen LogP contribution in [0.5, 0.6) is 0 Å². The quantitative estimate of drug-likeness (QED) is 0.749. The smallest absolute Gasteiger partial charge is 0.145 e. The first kappa shape index (κ1) is 13.2. The van der Waals surface area contributed by atoms with E-state index in [1.165, 1.54) is 0 Å². The van der Waals surface area contributed by atoms with Crippen LogP contribution in [-0.2, 0) is 0 Å². The molecule has 0 unspecified atom stereocenters. The molecular formula is C15H11Cl2N3. The molecular weight excluding hydrogens is 293 g/mol. The van der Waals surface area contributed by atoms with E-state index in [0.717, 1.165) is 16.5 Å². The van der Waals surface area contributed by atoms with Crippen LogP contribution >= 0.6 is 23.2 Å². The van der Waals surface area contributed by atoms with E-state index in [2.05, 4.69) is 15.3 Å². The zero-order valence-corrected chi connectivity index (χ0v) is 12.2. The molecule has 2 heterocycles. The standard InChI is InChI=1S/C15H11Cl2N3/c1-18-15-12(17)8-11(16)14(20-15)10-5-4-9-3-2-6-19-13(9)7-10/h2-8H,1H3,(H,18,20). The van der Waals surface area contributed by atoms with Gasteiger partial charge in [-0.3, -0.25) is 4.98 Å². The van der Waals surface area contributed by atoms with Crippen molar-refractivity contribution in [3.63, 3.8) is 0 Å². The summed E-state index contributed by atoms with van der Waals surface area (Å²) in [5, 5.41) is 5.05. The Morgan fingerprint density at radius 2 is 1.90 bits per heavy atom. The van der Waals surface area contributed by atoms with E-state index >= 15 is 0 Å². The summed E-state index contributed by atoms with van der Waals surface area (Å²) < 4.78 is 0. The fourth-order valence-electron chi connectivity index (χ4n) is 2.06. The monoisotopic (exact) mass is 303 g/mol. The highest BCUT2D eigenvalue weighted by Crippen LogP contribution is 2.33. The van der Waals surface area contributed by atoms with Crippen molar-refractivity contribution < 1.29 is 0 Å². The number of halogens is 2. The Kier molecular flexibility index (Phi) is 3.47. The van der Waals surface area contributed by atoms with Crippen LogP contribution < -0.4 is 5.32 Å². The molecule has 3 aromatic rings. The Hall–Kier alpha value is -1.84. The molecule has 0 saturated carbocycles. The average Bonchev–Trinajstić information content (AvgIpc) is 2.47.